The third-order valence-electron chi connectivity index (χ3n) is 3.36. The highest BCUT2D eigenvalue weighted by Gasteiger charge is 2.15. The van der Waals surface area contributed by atoms with Crippen molar-refractivity contribution in [2.75, 3.05) is 20.3 Å². The molecule has 4 nitrogen and oxygen atoms in total. The van der Waals surface area contributed by atoms with E-state index in [1.54, 1.807) is 7.11 Å². The Balaban J connectivity index is 2.73. The van der Waals surface area contributed by atoms with Gasteiger partial charge in [0.05, 0.1) is 11.7 Å². The van der Waals surface area contributed by atoms with Gasteiger partial charge in [-0.2, -0.15) is 5.10 Å². The molecule has 0 aliphatic carbocycles. The van der Waals surface area contributed by atoms with Crippen LogP contribution in [0, 0.1) is 13.8 Å². The van der Waals surface area contributed by atoms with Crippen LogP contribution in [0.4, 0.5) is 0 Å². The molecule has 1 N–H and O–H groups in total. The molecule has 1 rings (SSSR count). The van der Waals surface area contributed by atoms with Gasteiger partial charge in [-0.1, -0.05) is 6.92 Å². The molecular weight excluding hydrogens is 226 g/mol. The summed E-state index contributed by atoms with van der Waals surface area (Å²) in [5.74, 6) is 0. The lowest BCUT2D eigenvalue weighted by Crippen LogP contribution is -2.15. The number of methoxy groups -OCH3 is 1. The summed E-state index contributed by atoms with van der Waals surface area (Å²) < 4.78 is 7.27. The van der Waals surface area contributed by atoms with E-state index in [4.69, 9.17) is 4.74 Å². The van der Waals surface area contributed by atoms with Crippen LogP contribution in [0.1, 0.15) is 49.7 Å². The number of ether oxygens (including phenoxy) is 1. The smallest absolute Gasteiger partial charge is 0.0641 e. The first-order chi connectivity index (χ1) is 8.61. The van der Waals surface area contributed by atoms with Gasteiger partial charge in [-0.05, 0) is 40.2 Å². The molecule has 104 valence electrons. The van der Waals surface area contributed by atoms with Crippen LogP contribution in [-0.4, -0.2) is 30.0 Å². The van der Waals surface area contributed by atoms with Gasteiger partial charge in [0.25, 0.3) is 0 Å². The second-order valence-corrected chi connectivity index (χ2v) is 4.90. The molecule has 1 atom stereocenters. The number of hydrogen-bond donors (Lipinski definition) is 1. The van der Waals surface area contributed by atoms with Gasteiger partial charge in [-0.3, -0.25) is 4.68 Å². The molecule has 0 saturated carbocycles. The Morgan fingerprint density at radius 1 is 1.39 bits per heavy atom. The van der Waals surface area contributed by atoms with Gasteiger partial charge < -0.3 is 10.1 Å². The van der Waals surface area contributed by atoms with Crippen LogP contribution in [0.25, 0.3) is 0 Å². The molecule has 0 bridgehead atoms. The Bertz CT molecular complexity index is 360. The molecule has 0 aliphatic rings. The summed E-state index contributed by atoms with van der Waals surface area (Å²) in [7, 11) is 1.74. The summed E-state index contributed by atoms with van der Waals surface area (Å²) in [4.78, 5) is 0. The number of aromatic nitrogens is 2. The Kier molecular flexibility index (Phi) is 6.36. The van der Waals surface area contributed by atoms with Gasteiger partial charge >= 0.3 is 0 Å². The molecule has 1 unspecified atom stereocenters. The zero-order valence-electron chi connectivity index (χ0n) is 12.4. The van der Waals surface area contributed by atoms with Gasteiger partial charge in [-0.15, -0.1) is 0 Å². The number of nitrogens with one attached hydrogen (secondary N) is 1. The average molecular weight is 253 g/mol. The number of hydrogen-bond acceptors (Lipinski definition) is 3. The summed E-state index contributed by atoms with van der Waals surface area (Å²) >= 11 is 0. The van der Waals surface area contributed by atoms with Crippen LogP contribution in [0.5, 0.6) is 0 Å². The Hall–Kier alpha value is -0.870. The van der Waals surface area contributed by atoms with Crippen molar-refractivity contribution < 1.29 is 4.74 Å². The molecule has 1 aromatic heterocycles. The molecule has 0 radical (unpaired) electrons. The lowest BCUT2D eigenvalue weighted by atomic mass is 10.2. The van der Waals surface area contributed by atoms with Crippen LogP contribution < -0.4 is 5.32 Å². The van der Waals surface area contributed by atoms with Crippen molar-refractivity contribution in [3.8, 4) is 0 Å². The minimum atomic E-state index is 0.392. The first kappa shape index (κ1) is 15.2. The monoisotopic (exact) mass is 253 g/mol. The van der Waals surface area contributed by atoms with E-state index in [1.807, 2.05) is 0 Å². The Morgan fingerprint density at radius 3 is 2.72 bits per heavy atom. The van der Waals surface area contributed by atoms with Crippen LogP contribution >= 0.6 is 0 Å². The maximum absolute atomic E-state index is 5.14. The number of aryl methyl sites for hydroxylation is 1. The Labute approximate surface area is 111 Å². The third kappa shape index (κ3) is 3.82. The van der Waals surface area contributed by atoms with Crippen LogP contribution in [-0.2, 0) is 11.3 Å². The average Bonchev–Trinajstić information content (AvgIpc) is 2.64. The summed E-state index contributed by atoms with van der Waals surface area (Å²) in [6.07, 6.45) is 2.16. The molecule has 1 aromatic rings. The number of rotatable bonds is 8. The molecule has 0 amide bonds. The summed E-state index contributed by atoms with van der Waals surface area (Å²) in [6, 6.07) is 0.392. The molecule has 0 aliphatic heterocycles. The predicted molar refractivity (Wildman–Crippen MR) is 74.9 cm³/mol. The largest absolute Gasteiger partial charge is 0.385 e. The van der Waals surface area contributed by atoms with Gasteiger partial charge in [-0.25, -0.2) is 0 Å². The van der Waals surface area contributed by atoms with E-state index >= 15 is 0 Å². The van der Waals surface area contributed by atoms with Crippen molar-refractivity contribution in [1.29, 1.82) is 0 Å². The lowest BCUT2D eigenvalue weighted by Gasteiger charge is -2.14. The predicted octanol–water partition coefficient (Wildman–Crippen LogP) is 2.60. The van der Waals surface area contributed by atoms with Crippen molar-refractivity contribution in [1.82, 2.24) is 15.1 Å². The standard InChI is InChI=1S/C14H27N3O/c1-6-8-15-10-14-12(3)16-17(13(14)4)11(2)7-9-18-5/h11,15H,6-10H2,1-5H3. The van der Waals surface area contributed by atoms with Crippen LogP contribution in [0.15, 0.2) is 0 Å². The van der Waals surface area contributed by atoms with Crippen molar-refractivity contribution in [2.24, 2.45) is 0 Å². The fourth-order valence-electron chi connectivity index (χ4n) is 2.18. The van der Waals surface area contributed by atoms with Crippen LogP contribution in [0.2, 0.25) is 0 Å². The first-order valence-electron chi connectivity index (χ1n) is 6.86. The van der Waals surface area contributed by atoms with Gasteiger partial charge in [0.1, 0.15) is 0 Å². The van der Waals surface area contributed by atoms with Crippen molar-refractivity contribution in [3.63, 3.8) is 0 Å². The SMILES string of the molecule is CCCNCc1c(C)nn(C(C)CCOC)c1C. The fourth-order valence-corrected chi connectivity index (χ4v) is 2.18. The number of nitrogens with zero attached hydrogens (tertiary/aromatic N) is 2. The highest BCUT2D eigenvalue weighted by molar-refractivity contribution is 5.24. The van der Waals surface area contributed by atoms with Gasteiger partial charge in [0, 0.05) is 31.5 Å². The molecule has 0 saturated heterocycles. The highest BCUT2D eigenvalue weighted by Crippen LogP contribution is 2.19. The topological polar surface area (TPSA) is 39.1 Å². The maximum atomic E-state index is 5.14. The molecule has 0 aromatic carbocycles. The highest BCUT2D eigenvalue weighted by atomic mass is 16.5. The molecule has 4 heteroatoms. The van der Waals surface area contributed by atoms with E-state index in [-0.39, 0.29) is 0 Å². The van der Waals surface area contributed by atoms with Gasteiger partial charge in [0.2, 0.25) is 0 Å². The van der Waals surface area contributed by atoms with E-state index in [2.05, 4.69) is 42.8 Å². The quantitative estimate of drug-likeness (QED) is 0.724. The van der Waals surface area contributed by atoms with Crippen molar-refractivity contribution in [3.05, 3.63) is 17.0 Å². The van der Waals surface area contributed by atoms with E-state index in [1.165, 1.54) is 11.3 Å². The molecular formula is C14H27N3O. The van der Waals surface area contributed by atoms with Crippen LogP contribution in [0.3, 0.4) is 0 Å². The lowest BCUT2D eigenvalue weighted by molar-refractivity contribution is 0.178. The summed E-state index contributed by atoms with van der Waals surface area (Å²) in [5.41, 5.74) is 3.76. The molecule has 18 heavy (non-hydrogen) atoms. The van der Waals surface area contributed by atoms with Gasteiger partial charge in [0.15, 0.2) is 0 Å². The normalized spacial score (nSPS) is 12.9. The Morgan fingerprint density at radius 2 is 2.11 bits per heavy atom. The van der Waals surface area contributed by atoms with Crippen molar-refractivity contribution >= 4 is 0 Å². The van der Waals surface area contributed by atoms with E-state index in [9.17, 15) is 0 Å². The zero-order chi connectivity index (χ0) is 13.5. The fraction of sp³-hybridized carbons (Fsp3) is 0.786. The summed E-state index contributed by atoms with van der Waals surface area (Å²) in [6.45, 7) is 11.4. The minimum Gasteiger partial charge on any atom is -0.385 e. The minimum absolute atomic E-state index is 0.392. The molecule has 0 spiro atoms. The third-order valence-corrected chi connectivity index (χ3v) is 3.36. The first-order valence-corrected chi connectivity index (χ1v) is 6.86. The van der Waals surface area contributed by atoms with E-state index in [0.29, 0.717) is 6.04 Å². The second-order valence-electron chi connectivity index (χ2n) is 4.90. The van der Waals surface area contributed by atoms with E-state index < -0.39 is 0 Å². The summed E-state index contributed by atoms with van der Waals surface area (Å²) in [5, 5.41) is 8.11. The molecule has 1 heterocycles. The maximum Gasteiger partial charge on any atom is 0.0641 e. The van der Waals surface area contributed by atoms with Crippen molar-refractivity contribution in [2.45, 2.75) is 53.1 Å². The molecule has 0 fully saturated rings. The zero-order valence-corrected chi connectivity index (χ0v) is 12.4. The van der Waals surface area contributed by atoms with E-state index in [0.717, 1.165) is 38.2 Å². The second kappa shape index (κ2) is 7.54.